The van der Waals surface area contributed by atoms with Crippen LogP contribution in [0.15, 0.2) is 18.5 Å². The van der Waals surface area contributed by atoms with Crippen molar-refractivity contribution in [2.75, 3.05) is 37.6 Å². The molecule has 0 radical (unpaired) electrons. The van der Waals surface area contributed by atoms with Crippen molar-refractivity contribution in [2.45, 2.75) is 31.3 Å². The van der Waals surface area contributed by atoms with Crippen molar-refractivity contribution in [3.05, 3.63) is 24.0 Å². The lowest BCUT2D eigenvalue weighted by Crippen LogP contribution is -2.52. The lowest BCUT2D eigenvalue weighted by atomic mass is 10.1. The Morgan fingerprint density at radius 3 is 2.64 bits per heavy atom. The third-order valence-electron chi connectivity index (χ3n) is 5.25. The van der Waals surface area contributed by atoms with Crippen LogP contribution < -0.4 is 10.6 Å². The van der Waals surface area contributed by atoms with Crippen LogP contribution in [0.2, 0.25) is 0 Å². The molecule has 9 nitrogen and oxygen atoms in total. The van der Waals surface area contributed by atoms with E-state index in [0.717, 1.165) is 12.1 Å². The van der Waals surface area contributed by atoms with E-state index in [4.69, 9.17) is 16.3 Å². The largest absolute Gasteiger partial charge is 0.367 e. The molecule has 2 N–H and O–H groups in total. The Morgan fingerprint density at radius 2 is 1.96 bits per heavy atom. The van der Waals surface area contributed by atoms with E-state index in [9.17, 15) is 9.59 Å². The van der Waals surface area contributed by atoms with Crippen LogP contribution in [0.4, 0.5) is 5.69 Å². The van der Waals surface area contributed by atoms with Gasteiger partial charge in [-0.2, -0.15) is 10.5 Å². The van der Waals surface area contributed by atoms with E-state index in [0.29, 0.717) is 44.7 Å². The molecule has 0 bridgehead atoms. The van der Waals surface area contributed by atoms with Crippen molar-refractivity contribution < 1.29 is 9.59 Å². The number of anilines is 1. The maximum Gasteiger partial charge on any atom is 0.241 e. The van der Waals surface area contributed by atoms with Crippen LogP contribution >= 0.6 is 0 Å². The van der Waals surface area contributed by atoms with Gasteiger partial charge in [0.2, 0.25) is 11.8 Å². The molecule has 0 aromatic carbocycles. The summed E-state index contributed by atoms with van der Waals surface area (Å²) in [7, 11) is 0. The second-order valence-corrected chi connectivity index (χ2v) is 7.04. The first-order valence-electron chi connectivity index (χ1n) is 9.37. The van der Waals surface area contributed by atoms with Gasteiger partial charge < -0.3 is 20.4 Å². The lowest BCUT2D eigenvalue weighted by molar-refractivity contribution is -0.138. The van der Waals surface area contributed by atoms with Gasteiger partial charge in [0.1, 0.15) is 12.1 Å². The number of aromatic nitrogens is 1. The van der Waals surface area contributed by atoms with E-state index in [1.54, 1.807) is 17.2 Å². The molecule has 1 aromatic heterocycles. The second kappa shape index (κ2) is 8.68. The number of pyridine rings is 1. The summed E-state index contributed by atoms with van der Waals surface area (Å²) in [6.07, 6.45) is 4.60. The van der Waals surface area contributed by atoms with E-state index in [1.807, 2.05) is 0 Å². The molecule has 0 aliphatic carbocycles. The lowest BCUT2D eigenvalue weighted by Gasteiger charge is -2.36. The predicted octanol–water partition coefficient (Wildman–Crippen LogP) is -0.166. The quantitative estimate of drug-likeness (QED) is 0.766. The van der Waals surface area contributed by atoms with Crippen LogP contribution in [0, 0.1) is 22.7 Å². The molecule has 2 atom stereocenters. The van der Waals surface area contributed by atoms with Gasteiger partial charge in [-0.1, -0.05) is 0 Å². The summed E-state index contributed by atoms with van der Waals surface area (Å²) in [5.74, 6) is -0.479. The van der Waals surface area contributed by atoms with E-state index in [1.165, 1.54) is 11.1 Å². The first-order chi connectivity index (χ1) is 13.5. The normalized spacial score (nSPS) is 20.4. The Hall–Kier alpha value is -3.17. The highest BCUT2D eigenvalue weighted by atomic mass is 16.2. The number of carbonyl (C=O) groups excluding carboxylic acids is 2. The van der Waals surface area contributed by atoms with Gasteiger partial charge in [-0.25, -0.2) is 0 Å². The van der Waals surface area contributed by atoms with Gasteiger partial charge in [0.25, 0.3) is 0 Å². The summed E-state index contributed by atoms with van der Waals surface area (Å²) in [5, 5.41) is 18.1. The standard InChI is InChI=1S/C19H23N7O2/c20-10-14-8-16(13-23-12-14)24-4-6-25(7-5-24)18(27)9-17(22)19(28)26-3-1-2-15(26)11-21/h8,12-13,15,17H,1-7,9,22H2/t15-,17-/m0/s1. The maximum absolute atomic E-state index is 12.6. The molecule has 2 amide bonds. The van der Waals surface area contributed by atoms with E-state index < -0.39 is 12.1 Å². The number of nitrogens with two attached hydrogens (primary N) is 1. The Labute approximate surface area is 163 Å². The van der Waals surface area contributed by atoms with Gasteiger partial charge in [-0.3, -0.25) is 14.6 Å². The zero-order valence-electron chi connectivity index (χ0n) is 15.6. The summed E-state index contributed by atoms with van der Waals surface area (Å²) in [6, 6.07) is 4.61. The smallest absolute Gasteiger partial charge is 0.241 e. The molecule has 3 heterocycles. The molecule has 2 aliphatic rings. The van der Waals surface area contributed by atoms with Crippen LogP contribution in [0.5, 0.6) is 0 Å². The Kier molecular flexibility index (Phi) is 6.07. The average Bonchev–Trinajstić information content (AvgIpc) is 3.22. The molecule has 1 aromatic rings. The molecule has 146 valence electrons. The van der Waals surface area contributed by atoms with E-state index in [2.05, 4.69) is 22.0 Å². The number of nitrogens with zero attached hydrogens (tertiary/aromatic N) is 6. The van der Waals surface area contributed by atoms with E-state index in [-0.39, 0.29) is 18.2 Å². The summed E-state index contributed by atoms with van der Waals surface area (Å²) in [6.45, 7) is 2.79. The van der Waals surface area contributed by atoms with Gasteiger partial charge in [0, 0.05) is 38.9 Å². The monoisotopic (exact) mass is 381 g/mol. The minimum Gasteiger partial charge on any atom is -0.367 e. The molecule has 9 heteroatoms. The Balaban J connectivity index is 1.51. The van der Waals surface area contributed by atoms with Gasteiger partial charge in [0.05, 0.1) is 36.0 Å². The first kappa shape index (κ1) is 19.6. The van der Waals surface area contributed by atoms with Crippen molar-refractivity contribution in [2.24, 2.45) is 5.73 Å². The average molecular weight is 381 g/mol. The highest BCUT2D eigenvalue weighted by molar-refractivity contribution is 5.88. The third-order valence-corrected chi connectivity index (χ3v) is 5.25. The summed E-state index contributed by atoms with van der Waals surface area (Å²) < 4.78 is 0. The number of carbonyl (C=O) groups is 2. The zero-order chi connectivity index (χ0) is 20.1. The highest BCUT2D eigenvalue weighted by Gasteiger charge is 2.33. The van der Waals surface area contributed by atoms with Gasteiger partial charge in [0.15, 0.2) is 0 Å². The maximum atomic E-state index is 12.6. The summed E-state index contributed by atoms with van der Waals surface area (Å²) in [5.41, 5.74) is 7.33. The number of likely N-dealkylation sites (tertiary alicyclic amines) is 1. The molecule has 0 spiro atoms. The SMILES string of the molecule is N#Cc1cncc(N2CCN(C(=O)C[C@H](N)C(=O)N3CCC[C@H]3C#N)CC2)c1. The fraction of sp³-hybridized carbons (Fsp3) is 0.526. The van der Waals surface area contributed by atoms with Crippen molar-refractivity contribution in [3.8, 4) is 12.1 Å². The predicted molar refractivity (Wildman–Crippen MR) is 101 cm³/mol. The van der Waals surface area contributed by atoms with Crippen LogP contribution in [0.25, 0.3) is 0 Å². The molecule has 3 rings (SSSR count). The van der Waals surface area contributed by atoms with Gasteiger partial charge >= 0.3 is 0 Å². The minimum atomic E-state index is -0.920. The number of nitriles is 2. The topological polar surface area (TPSA) is 130 Å². The number of hydrogen-bond acceptors (Lipinski definition) is 7. The Morgan fingerprint density at radius 1 is 1.21 bits per heavy atom. The number of amides is 2. The molecule has 0 saturated carbocycles. The molecular formula is C19H23N7O2. The molecule has 0 unspecified atom stereocenters. The third kappa shape index (κ3) is 4.21. The molecule has 2 saturated heterocycles. The summed E-state index contributed by atoms with van der Waals surface area (Å²) in [4.78, 5) is 34.4. The van der Waals surface area contributed by atoms with Crippen LogP contribution in [-0.4, -0.2) is 71.4 Å². The van der Waals surface area contributed by atoms with Gasteiger partial charge in [-0.05, 0) is 18.9 Å². The summed E-state index contributed by atoms with van der Waals surface area (Å²) >= 11 is 0. The van der Waals surface area contributed by atoms with Crippen LogP contribution in [0.3, 0.4) is 0 Å². The minimum absolute atomic E-state index is 0.0566. The van der Waals surface area contributed by atoms with Crippen molar-refractivity contribution in [1.82, 2.24) is 14.8 Å². The molecular weight excluding hydrogens is 358 g/mol. The Bertz CT molecular complexity index is 820. The first-order valence-corrected chi connectivity index (χ1v) is 9.37. The number of hydrogen-bond donors (Lipinski definition) is 1. The molecule has 2 aliphatic heterocycles. The van der Waals surface area contributed by atoms with Crippen molar-refractivity contribution in [1.29, 1.82) is 10.5 Å². The second-order valence-electron chi connectivity index (χ2n) is 7.04. The number of piperazine rings is 1. The van der Waals surface area contributed by atoms with Crippen LogP contribution in [0.1, 0.15) is 24.8 Å². The van der Waals surface area contributed by atoms with Crippen molar-refractivity contribution >= 4 is 17.5 Å². The van der Waals surface area contributed by atoms with Gasteiger partial charge in [-0.15, -0.1) is 0 Å². The fourth-order valence-electron chi connectivity index (χ4n) is 3.66. The van der Waals surface area contributed by atoms with E-state index >= 15 is 0 Å². The zero-order valence-corrected chi connectivity index (χ0v) is 15.6. The van der Waals surface area contributed by atoms with Crippen LogP contribution in [-0.2, 0) is 9.59 Å². The highest BCUT2D eigenvalue weighted by Crippen LogP contribution is 2.19. The fourth-order valence-corrected chi connectivity index (χ4v) is 3.66. The van der Waals surface area contributed by atoms with Crippen molar-refractivity contribution in [3.63, 3.8) is 0 Å². The molecule has 2 fully saturated rings. The molecule has 28 heavy (non-hydrogen) atoms. The number of rotatable bonds is 4.